The summed E-state index contributed by atoms with van der Waals surface area (Å²) in [5, 5.41) is 8.51. The highest BCUT2D eigenvalue weighted by Gasteiger charge is 2.14. The van der Waals surface area contributed by atoms with Gasteiger partial charge in [0.1, 0.15) is 0 Å². The zero-order valence-electron chi connectivity index (χ0n) is 7.26. The molecule has 1 saturated heterocycles. The summed E-state index contributed by atoms with van der Waals surface area (Å²) in [6.45, 7) is 4.33. The van der Waals surface area contributed by atoms with Crippen LogP contribution >= 0.6 is 0 Å². The number of rotatable bonds is 7. The Kier molecular flexibility index (Phi) is 4.55. The number of aliphatic hydroxyl groups is 1. The van der Waals surface area contributed by atoms with E-state index in [2.05, 4.69) is 4.90 Å². The predicted molar refractivity (Wildman–Crippen MR) is 46.6 cm³/mol. The van der Waals surface area contributed by atoms with Crippen molar-refractivity contribution in [2.45, 2.75) is 32.1 Å². The average molecular weight is 157 g/mol. The van der Waals surface area contributed by atoms with Gasteiger partial charge in [-0.25, -0.2) is 0 Å². The van der Waals surface area contributed by atoms with Gasteiger partial charge in [-0.05, 0) is 19.4 Å². The van der Waals surface area contributed by atoms with Gasteiger partial charge in [0.05, 0.1) is 0 Å². The highest BCUT2D eigenvalue weighted by Crippen LogP contribution is 2.08. The molecule has 1 N–H and O–H groups in total. The van der Waals surface area contributed by atoms with Crippen LogP contribution in [0.4, 0.5) is 0 Å². The first-order valence-corrected chi connectivity index (χ1v) is 4.76. The van der Waals surface area contributed by atoms with Crippen molar-refractivity contribution in [3.05, 3.63) is 0 Å². The minimum absolute atomic E-state index is 0.367. The quantitative estimate of drug-likeness (QED) is 0.444. The smallest absolute Gasteiger partial charge is 0.0431 e. The van der Waals surface area contributed by atoms with Gasteiger partial charge in [-0.15, -0.1) is 0 Å². The normalized spacial score (nSPS) is 17.2. The maximum atomic E-state index is 8.51. The van der Waals surface area contributed by atoms with Crippen molar-refractivity contribution in [1.82, 2.24) is 4.90 Å². The molecular formula is C9H19NO. The van der Waals surface area contributed by atoms with Crippen LogP contribution in [-0.4, -0.2) is 36.2 Å². The molecule has 0 unspecified atom stereocenters. The van der Waals surface area contributed by atoms with Crippen molar-refractivity contribution >= 4 is 0 Å². The van der Waals surface area contributed by atoms with E-state index in [9.17, 15) is 0 Å². The Balaban J connectivity index is 1.66. The van der Waals surface area contributed by atoms with Gasteiger partial charge in [0.15, 0.2) is 0 Å². The third-order valence-electron chi connectivity index (χ3n) is 2.17. The maximum absolute atomic E-state index is 8.51. The topological polar surface area (TPSA) is 23.2 Å². The van der Waals surface area contributed by atoms with Crippen molar-refractivity contribution in [3.63, 3.8) is 0 Å². The second-order valence-electron chi connectivity index (χ2n) is 3.33. The predicted octanol–water partition coefficient (Wildman–Crippen LogP) is 1.24. The number of aliphatic hydroxyl groups excluding tert-OH is 1. The van der Waals surface area contributed by atoms with Gasteiger partial charge < -0.3 is 10.0 Å². The molecule has 2 heteroatoms. The highest BCUT2D eigenvalue weighted by atomic mass is 16.2. The molecule has 66 valence electrons. The lowest BCUT2D eigenvalue weighted by molar-refractivity contribution is 0.282. The average Bonchev–Trinajstić information content (AvgIpc) is 2.80. The summed E-state index contributed by atoms with van der Waals surface area (Å²) in [6.07, 6.45) is 6.19. The molecule has 1 rings (SSSR count). The summed E-state index contributed by atoms with van der Waals surface area (Å²) in [7, 11) is 0. The fourth-order valence-corrected chi connectivity index (χ4v) is 1.27. The Labute approximate surface area is 69.2 Å². The summed E-state index contributed by atoms with van der Waals surface area (Å²) in [4.78, 5) is 2.46. The molecule has 1 heterocycles. The van der Waals surface area contributed by atoms with Gasteiger partial charge in [-0.2, -0.15) is 0 Å². The standard InChI is InChI=1S/C9H19NO/c11-9-5-3-1-2-4-6-10-7-8-10/h11H,1-9H2. The van der Waals surface area contributed by atoms with Gasteiger partial charge in [-0.3, -0.25) is 0 Å². The molecule has 1 fully saturated rings. The summed E-state index contributed by atoms with van der Waals surface area (Å²) in [5.41, 5.74) is 0. The molecule has 0 saturated carbocycles. The van der Waals surface area contributed by atoms with E-state index in [1.165, 1.54) is 45.3 Å². The van der Waals surface area contributed by atoms with Crippen LogP contribution in [0, 0.1) is 0 Å². The first kappa shape index (κ1) is 9.01. The molecule has 0 amide bonds. The van der Waals surface area contributed by atoms with E-state index >= 15 is 0 Å². The lowest BCUT2D eigenvalue weighted by Gasteiger charge is -2.00. The SMILES string of the molecule is OCCCCCCCN1CC1. The molecule has 0 atom stereocenters. The van der Waals surface area contributed by atoms with E-state index in [-0.39, 0.29) is 0 Å². The molecule has 0 aromatic heterocycles. The highest BCUT2D eigenvalue weighted by molar-refractivity contribution is 4.71. The summed E-state index contributed by atoms with van der Waals surface area (Å²) >= 11 is 0. The first-order chi connectivity index (χ1) is 5.43. The molecule has 0 aromatic rings. The van der Waals surface area contributed by atoms with Gasteiger partial charge >= 0.3 is 0 Å². The monoisotopic (exact) mass is 157 g/mol. The summed E-state index contributed by atoms with van der Waals surface area (Å²) in [6, 6.07) is 0. The van der Waals surface area contributed by atoms with Crippen LogP contribution in [0.5, 0.6) is 0 Å². The molecule has 1 aliphatic heterocycles. The Morgan fingerprint density at radius 1 is 0.909 bits per heavy atom. The fourth-order valence-electron chi connectivity index (χ4n) is 1.27. The Morgan fingerprint density at radius 2 is 1.55 bits per heavy atom. The van der Waals surface area contributed by atoms with Crippen LogP contribution < -0.4 is 0 Å². The van der Waals surface area contributed by atoms with Gasteiger partial charge in [0, 0.05) is 19.7 Å². The van der Waals surface area contributed by atoms with Crippen LogP contribution in [0.25, 0.3) is 0 Å². The first-order valence-electron chi connectivity index (χ1n) is 4.76. The van der Waals surface area contributed by atoms with Gasteiger partial charge in [0.2, 0.25) is 0 Å². The molecule has 0 spiro atoms. The van der Waals surface area contributed by atoms with Crippen LogP contribution in [-0.2, 0) is 0 Å². The van der Waals surface area contributed by atoms with Crippen LogP contribution in [0.15, 0.2) is 0 Å². The van der Waals surface area contributed by atoms with Gasteiger partial charge in [-0.1, -0.05) is 19.3 Å². The van der Waals surface area contributed by atoms with Gasteiger partial charge in [0.25, 0.3) is 0 Å². The molecule has 1 aliphatic rings. The molecule has 2 nitrogen and oxygen atoms in total. The van der Waals surface area contributed by atoms with E-state index in [1.54, 1.807) is 0 Å². The maximum Gasteiger partial charge on any atom is 0.0431 e. The number of nitrogens with zero attached hydrogens (tertiary/aromatic N) is 1. The number of hydrogen-bond donors (Lipinski definition) is 1. The lowest BCUT2D eigenvalue weighted by Crippen LogP contribution is -1.98. The second kappa shape index (κ2) is 5.56. The Morgan fingerprint density at radius 3 is 2.18 bits per heavy atom. The van der Waals surface area contributed by atoms with E-state index in [4.69, 9.17) is 5.11 Å². The molecule has 0 aromatic carbocycles. The summed E-state index contributed by atoms with van der Waals surface area (Å²) in [5.74, 6) is 0. The minimum Gasteiger partial charge on any atom is -0.396 e. The van der Waals surface area contributed by atoms with E-state index < -0.39 is 0 Å². The third kappa shape index (κ3) is 5.22. The number of unbranched alkanes of at least 4 members (excludes halogenated alkanes) is 4. The third-order valence-corrected chi connectivity index (χ3v) is 2.17. The fraction of sp³-hybridized carbons (Fsp3) is 1.00. The van der Waals surface area contributed by atoms with Crippen LogP contribution in [0.2, 0.25) is 0 Å². The Hall–Kier alpha value is -0.0800. The van der Waals surface area contributed by atoms with Crippen LogP contribution in [0.1, 0.15) is 32.1 Å². The number of hydrogen-bond acceptors (Lipinski definition) is 2. The van der Waals surface area contributed by atoms with Crippen molar-refractivity contribution in [2.24, 2.45) is 0 Å². The molecule has 0 bridgehead atoms. The van der Waals surface area contributed by atoms with Crippen molar-refractivity contribution in [2.75, 3.05) is 26.2 Å². The molecule has 0 aliphatic carbocycles. The van der Waals surface area contributed by atoms with Crippen molar-refractivity contribution < 1.29 is 5.11 Å². The van der Waals surface area contributed by atoms with E-state index in [0.29, 0.717) is 6.61 Å². The summed E-state index contributed by atoms with van der Waals surface area (Å²) < 4.78 is 0. The molecular weight excluding hydrogens is 138 g/mol. The largest absolute Gasteiger partial charge is 0.396 e. The van der Waals surface area contributed by atoms with Crippen molar-refractivity contribution in [1.29, 1.82) is 0 Å². The zero-order valence-corrected chi connectivity index (χ0v) is 7.26. The molecule has 0 radical (unpaired) electrons. The minimum atomic E-state index is 0.367. The second-order valence-corrected chi connectivity index (χ2v) is 3.33. The van der Waals surface area contributed by atoms with E-state index in [0.717, 1.165) is 6.42 Å². The van der Waals surface area contributed by atoms with Crippen LogP contribution in [0.3, 0.4) is 0 Å². The lowest BCUT2D eigenvalue weighted by atomic mass is 10.1. The van der Waals surface area contributed by atoms with Crippen molar-refractivity contribution in [3.8, 4) is 0 Å². The molecule has 11 heavy (non-hydrogen) atoms. The van der Waals surface area contributed by atoms with E-state index in [1.807, 2.05) is 0 Å². The zero-order chi connectivity index (χ0) is 7.94. The Bertz CT molecular complexity index is 91.6.